The first-order valence-corrected chi connectivity index (χ1v) is 4.98. The quantitative estimate of drug-likeness (QED) is 0.715. The second kappa shape index (κ2) is 3.26. The van der Waals surface area contributed by atoms with E-state index in [1.54, 1.807) is 4.57 Å². The van der Waals surface area contributed by atoms with Gasteiger partial charge in [0.1, 0.15) is 0 Å². The van der Waals surface area contributed by atoms with Gasteiger partial charge in [-0.1, -0.05) is 11.8 Å². The molecular formula is C7H8N4OS. The molecule has 1 N–H and O–H groups in total. The highest BCUT2D eigenvalue weighted by molar-refractivity contribution is 7.99. The summed E-state index contributed by atoms with van der Waals surface area (Å²) in [5, 5.41) is 15.3. The Labute approximate surface area is 78.8 Å². The smallest absolute Gasteiger partial charge is 0.267 e. The summed E-state index contributed by atoms with van der Waals surface area (Å²) in [7, 11) is 0. The lowest BCUT2D eigenvalue weighted by molar-refractivity contribution is 0.643. The van der Waals surface area contributed by atoms with Crippen LogP contribution >= 0.6 is 11.8 Å². The molecule has 0 spiro atoms. The maximum Gasteiger partial charge on any atom is 0.344 e. The van der Waals surface area contributed by atoms with Crippen LogP contribution in [0, 0.1) is 11.3 Å². The SMILES string of the molecule is N#CCSc1n[nH]c(=O)n1C1CC1. The minimum absolute atomic E-state index is 0.164. The Bertz CT molecular complexity index is 397. The van der Waals surface area contributed by atoms with Crippen molar-refractivity contribution in [3.8, 4) is 6.07 Å². The highest BCUT2D eigenvalue weighted by Gasteiger charge is 2.28. The van der Waals surface area contributed by atoms with Crippen LogP contribution in [-0.4, -0.2) is 20.5 Å². The van der Waals surface area contributed by atoms with Gasteiger partial charge in [-0.3, -0.25) is 4.57 Å². The number of hydrogen-bond acceptors (Lipinski definition) is 4. The van der Waals surface area contributed by atoms with Crippen LogP contribution < -0.4 is 5.69 Å². The van der Waals surface area contributed by atoms with Gasteiger partial charge in [0.25, 0.3) is 0 Å². The Hall–Kier alpha value is -1.22. The highest BCUT2D eigenvalue weighted by atomic mass is 32.2. The molecular weight excluding hydrogens is 188 g/mol. The molecule has 1 aromatic heterocycles. The molecule has 0 saturated heterocycles. The lowest BCUT2D eigenvalue weighted by Crippen LogP contribution is -2.16. The second-order valence-corrected chi connectivity index (χ2v) is 3.80. The third-order valence-electron chi connectivity index (χ3n) is 1.85. The zero-order chi connectivity index (χ0) is 9.26. The van der Waals surface area contributed by atoms with Crippen molar-refractivity contribution in [1.29, 1.82) is 5.26 Å². The van der Waals surface area contributed by atoms with Gasteiger partial charge in [-0.05, 0) is 12.8 Å². The maximum absolute atomic E-state index is 11.2. The molecule has 0 radical (unpaired) electrons. The van der Waals surface area contributed by atoms with E-state index in [0.29, 0.717) is 17.0 Å². The average Bonchev–Trinajstić information content (AvgIpc) is 2.88. The number of nitrogens with zero attached hydrogens (tertiary/aromatic N) is 3. The number of aromatic nitrogens is 3. The highest BCUT2D eigenvalue weighted by Crippen LogP contribution is 2.35. The van der Waals surface area contributed by atoms with E-state index in [4.69, 9.17) is 5.26 Å². The van der Waals surface area contributed by atoms with Gasteiger partial charge in [0.05, 0.1) is 11.8 Å². The summed E-state index contributed by atoms with van der Waals surface area (Å²) >= 11 is 1.30. The van der Waals surface area contributed by atoms with Gasteiger partial charge in [-0.2, -0.15) is 5.26 Å². The molecule has 0 unspecified atom stereocenters. The molecule has 1 heterocycles. The molecule has 2 rings (SSSR count). The largest absolute Gasteiger partial charge is 0.344 e. The summed E-state index contributed by atoms with van der Waals surface area (Å²) < 4.78 is 1.64. The molecule has 0 bridgehead atoms. The van der Waals surface area contributed by atoms with Gasteiger partial charge in [0.15, 0.2) is 5.16 Å². The van der Waals surface area contributed by atoms with Gasteiger partial charge in [-0.15, -0.1) is 5.10 Å². The summed E-state index contributed by atoms with van der Waals surface area (Å²) in [5.74, 6) is 0.330. The Balaban J connectivity index is 2.24. The zero-order valence-corrected chi connectivity index (χ0v) is 7.67. The molecule has 13 heavy (non-hydrogen) atoms. The first-order valence-electron chi connectivity index (χ1n) is 3.99. The van der Waals surface area contributed by atoms with E-state index in [0.717, 1.165) is 12.8 Å². The third kappa shape index (κ3) is 1.60. The van der Waals surface area contributed by atoms with Crippen molar-refractivity contribution < 1.29 is 0 Å². The van der Waals surface area contributed by atoms with Gasteiger partial charge in [-0.25, -0.2) is 9.89 Å². The van der Waals surface area contributed by atoms with Crippen molar-refractivity contribution in [2.75, 3.05) is 5.75 Å². The Kier molecular flexibility index (Phi) is 2.10. The predicted molar refractivity (Wildman–Crippen MR) is 47.5 cm³/mol. The van der Waals surface area contributed by atoms with Crippen molar-refractivity contribution in [2.45, 2.75) is 24.0 Å². The molecule has 0 atom stereocenters. The van der Waals surface area contributed by atoms with E-state index in [1.165, 1.54) is 11.8 Å². The maximum atomic E-state index is 11.2. The summed E-state index contributed by atoms with van der Waals surface area (Å²) in [5.41, 5.74) is -0.164. The molecule has 1 aromatic rings. The fourth-order valence-electron chi connectivity index (χ4n) is 1.14. The minimum Gasteiger partial charge on any atom is -0.267 e. The van der Waals surface area contributed by atoms with E-state index < -0.39 is 0 Å². The normalized spacial score (nSPS) is 15.6. The summed E-state index contributed by atoms with van der Waals surface area (Å²) in [6.45, 7) is 0. The molecule has 5 nitrogen and oxygen atoms in total. The van der Waals surface area contributed by atoms with E-state index >= 15 is 0 Å². The van der Waals surface area contributed by atoms with Crippen molar-refractivity contribution >= 4 is 11.8 Å². The first kappa shape index (κ1) is 8.38. The fraction of sp³-hybridized carbons (Fsp3) is 0.571. The molecule has 68 valence electrons. The number of H-pyrrole nitrogens is 1. The lowest BCUT2D eigenvalue weighted by Gasteiger charge is -1.98. The summed E-state index contributed by atoms with van der Waals surface area (Å²) in [6.07, 6.45) is 2.08. The van der Waals surface area contributed by atoms with Crippen molar-refractivity contribution in [3.63, 3.8) is 0 Å². The van der Waals surface area contributed by atoms with Gasteiger partial charge < -0.3 is 0 Å². The standard InChI is InChI=1S/C7H8N4OS/c8-3-4-13-7-10-9-6(12)11(7)5-1-2-5/h5H,1-2,4H2,(H,9,12). The lowest BCUT2D eigenvalue weighted by atomic mass is 10.7. The van der Waals surface area contributed by atoms with Crippen molar-refractivity contribution in [1.82, 2.24) is 14.8 Å². The number of nitrogens with one attached hydrogen (secondary N) is 1. The average molecular weight is 196 g/mol. The van der Waals surface area contributed by atoms with Crippen LogP contribution in [0.5, 0.6) is 0 Å². The van der Waals surface area contributed by atoms with Gasteiger partial charge >= 0.3 is 5.69 Å². The predicted octanol–water partition coefficient (Wildman–Crippen LogP) is 0.522. The van der Waals surface area contributed by atoms with Gasteiger partial charge in [0, 0.05) is 6.04 Å². The monoisotopic (exact) mass is 196 g/mol. The van der Waals surface area contributed by atoms with Crippen molar-refractivity contribution in [2.24, 2.45) is 0 Å². The van der Waals surface area contributed by atoms with Crippen LogP contribution in [0.3, 0.4) is 0 Å². The molecule has 1 aliphatic carbocycles. The summed E-state index contributed by atoms with van der Waals surface area (Å²) in [4.78, 5) is 11.2. The Morgan fingerprint density at radius 3 is 3.15 bits per heavy atom. The second-order valence-electron chi connectivity index (χ2n) is 2.86. The molecule has 1 saturated carbocycles. The van der Waals surface area contributed by atoms with E-state index in [9.17, 15) is 4.79 Å². The van der Waals surface area contributed by atoms with E-state index in [2.05, 4.69) is 10.2 Å². The van der Waals surface area contributed by atoms with Crippen LogP contribution in [0.15, 0.2) is 9.95 Å². The van der Waals surface area contributed by atoms with Crippen LogP contribution in [-0.2, 0) is 0 Å². The van der Waals surface area contributed by atoms with Crippen LogP contribution in [0.2, 0.25) is 0 Å². The van der Waals surface area contributed by atoms with Crippen LogP contribution in [0.4, 0.5) is 0 Å². The number of rotatable bonds is 3. The molecule has 0 amide bonds. The summed E-state index contributed by atoms with van der Waals surface area (Å²) in [6, 6.07) is 2.32. The van der Waals surface area contributed by atoms with Gasteiger partial charge in [0.2, 0.25) is 0 Å². The number of hydrogen-bond donors (Lipinski definition) is 1. The molecule has 0 aromatic carbocycles. The van der Waals surface area contributed by atoms with E-state index in [-0.39, 0.29) is 5.69 Å². The molecule has 0 aliphatic heterocycles. The zero-order valence-electron chi connectivity index (χ0n) is 6.86. The van der Waals surface area contributed by atoms with Crippen molar-refractivity contribution in [3.05, 3.63) is 10.5 Å². The Morgan fingerprint density at radius 1 is 1.77 bits per heavy atom. The minimum atomic E-state index is -0.164. The number of nitriles is 1. The number of thioether (sulfide) groups is 1. The van der Waals surface area contributed by atoms with Crippen LogP contribution in [0.25, 0.3) is 0 Å². The van der Waals surface area contributed by atoms with E-state index in [1.807, 2.05) is 6.07 Å². The first-order chi connectivity index (χ1) is 6.33. The Morgan fingerprint density at radius 2 is 2.54 bits per heavy atom. The molecule has 6 heteroatoms. The topological polar surface area (TPSA) is 74.5 Å². The fourth-order valence-corrected chi connectivity index (χ4v) is 1.82. The molecule has 1 fully saturated rings. The third-order valence-corrected chi connectivity index (χ3v) is 2.67. The number of aromatic amines is 1. The van der Waals surface area contributed by atoms with Crippen LogP contribution in [0.1, 0.15) is 18.9 Å². The molecule has 1 aliphatic rings.